The molecule has 0 aliphatic rings. The summed E-state index contributed by atoms with van der Waals surface area (Å²) < 4.78 is 27.1. The van der Waals surface area contributed by atoms with Gasteiger partial charge in [-0.1, -0.05) is 0 Å². The molecule has 0 aliphatic heterocycles. The van der Waals surface area contributed by atoms with Crippen LogP contribution in [0.4, 0.5) is 0 Å². The van der Waals surface area contributed by atoms with E-state index in [0.29, 0.717) is 0 Å². The molecule has 0 atom stereocenters. The minimum absolute atomic E-state index is 0.00861. The van der Waals surface area contributed by atoms with Gasteiger partial charge in [-0.15, -0.1) is 0 Å². The van der Waals surface area contributed by atoms with Crippen molar-refractivity contribution in [2.24, 2.45) is 0 Å². The summed E-state index contributed by atoms with van der Waals surface area (Å²) in [6.07, 6.45) is 0. The quantitative estimate of drug-likeness (QED) is 0.536. The monoisotopic (exact) mass is 212 g/mol. The van der Waals surface area contributed by atoms with Gasteiger partial charge in [-0.05, 0) is 0 Å². The first-order valence-electron chi connectivity index (χ1n) is 1.51. The van der Waals surface area contributed by atoms with Gasteiger partial charge in [-0.2, -0.15) is 0 Å². The van der Waals surface area contributed by atoms with Gasteiger partial charge < -0.3 is 0 Å². The van der Waals surface area contributed by atoms with E-state index in [1.807, 2.05) is 0 Å². The molecular weight excluding hydrogens is 207 g/mol. The van der Waals surface area contributed by atoms with Crippen molar-refractivity contribution in [3.8, 4) is 0 Å². The Hall–Kier alpha value is 0.780. The summed E-state index contributed by atoms with van der Waals surface area (Å²) >= 11 is 0.0695. The molecule has 0 rings (SSSR count). The fourth-order valence-electron chi connectivity index (χ4n) is 0. The summed E-state index contributed by atoms with van der Waals surface area (Å²) in [4.78, 5) is 0. The van der Waals surface area contributed by atoms with Gasteiger partial charge in [0.1, 0.15) is 0 Å². The summed E-state index contributed by atoms with van der Waals surface area (Å²) in [6, 6.07) is 0. The molecule has 0 radical (unpaired) electrons. The third kappa shape index (κ3) is 4.78. The van der Waals surface area contributed by atoms with Crippen LogP contribution < -0.4 is 0 Å². The summed E-state index contributed by atoms with van der Waals surface area (Å²) in [6.45, 7) is 0. The Labute approximate surface area is 51.1 Å². The predicted octanol–water partition coefficient (Wildman–Crippen LogP) is -1.54. The molecule has 0 fully saturated rings. The second kappa shape index (κ2) is 2.18. The van der Waals surface area contributed by atoms with Crippen molar-refractivity contribution in [1.82, 2.24) is 0 Å². The van der Waals surface area contributed by atoms with Crippen molar-refractivity contribution in [2.45, 2.75) is 0 Å². The molecule has 0 aliphatic carbocycles. The molecule has 0 amide bonds. The van der Waals surface area contributed by atoms with Gasteiger partial charge in [0.25, 0.3) is 0 Å². The molecule has 36 valence electrons. The molecule has 5 heteroatoms. The zero-order valence-electron chi connectivity index (χ0n) is 3.38. The fourth-order valence-corrected chi connectivity index (χ4v) is 0. The Balaban J connectivity index is 3.85. The average molecular weight is 212 g/mol. The summed E-state index contributed by atoms with van der Waals surface area (Å²) in [5, 5.41) is 0. The first-order valence-corrected chi connectivity index (χ1v) is 7.16. The zero-order chi connectivity index (χ0) is 5.21. The maximum atomic E-state index is 9.61. The third-order valence-electron chi connectivity index (χ3n) is 0.365. The Morgan fingerprint density at radius 2 is 1.83 bits per heavy atom. The van der Waals surface area contributed by atoms with E-state index in [-0.39, 0.29) is 27.9 Å². The van der Waals surface area contributed by atoms with Crippen LogP contribution >= 0.6 is 0 Å². The van der Waals surface area contributed by atoms with Crippen LogP contribution in [-0.4, -0.2) is 40.9 Å². The topological polar surface area (TPSA) is 54.4 Å². The second-order valence-electron chi connectivity index (χ2n) is 0.871. The van der Waals surface area contributed by atoms with E-state index in [2.05, 4.69) is 0 Å². The molecule has 0 aromatic rings. The van der Waals surface area contributed by atoms with Crippen molar-refractivity contribution in [1.29, 1.82) is 0 Å². The first-order chi connectivity index (χ1) is 2.56. The van der Waals surface area contributed by atoms with Crippen LogP contribution in [0.3, 0.4) is 0 Å². The molecular formula is CH5InO3S. The van der Waals surface area contributed by atoms with E-state index in [9.17, 15) is 8.42 Å². The summed E-state index contributed by atoms with van der Waals surface area (Å²) in [7, 11) is -3.57. The Kier molecular flexibility index (Phi) is 2.47. The van der Waals surface area contributed by atoms with Gasteiger partial charge in [0.2, 0.25) is 0 Å². The number of hydrogen-bond acceptors (Lipinski definition) is 2. The average Bonchev–Trinajstić information content (AvgIpc) is 1.35. The molecule has 0 aromatic carbocycles. The number of hydrogen-bond donors (Lipinski definition) is 1. The Morgan fingerprint density at radius 3 is 1.83 bits per heavy atom. The van der Waals surface area contributed by atoms with E-state index in [4.69, 9.17) is 4.55 Å². The SMILES string of the molecule is O=S(=O)(O)[CH2][InH2]. The van der Waals surface area contributed by atoms with Crippen LogP contribution in [-0.2, 0) is 10.1 Å². The standard InChI is InChI=1S/CH3O3S.In.2H/c1-5(2,3)4;;;/h1H2,(H,2,3,4);;;. The van der Waals surface area contributed by atoms with Crippen molar-refractivity contribution in [2.75, 3.05) is 3.51 Å². The van der Waals surface area contributed by atoms with E-state index in [1.54, 1.807) is 0 Å². The maximum absolute atomic E-state index is 9.61. The van der Waals surface area contributed by atoms with E-state index >= 15 is 0 Å². The zero-order valence-corrected chi connectivity index (χ0v) is 9.90. The number of rotatable bonds is 1. The molecule has 0 aromatic heterocycles. The first kappa shape index (κ1) is 6.78. The molecule has 6 heavy (non-hydrogen) atoms. The van der Waals surface area contributed by atoms with Gasteiger partial charge >= 0.3 is 51.0 Å². The van der Waals surface area contributed by atoms with E-state index < -0.39 is 10.1 Å². The van der Waals surface area contributed by atoms with Crippen molar-refractivity contribution in [3.05, 3.63) is 0 Å². The van der Waals surface area contributed by atoms with Crippen molar-refractivity contribution < 1.29 is 13.0 Å². The third-order valence-corrected chi connectivity index (χ3v) is 7.34. The van der Waals surface area contributed by atoms with Crippen LogP contribution in [0.1, 0.15) is 0 Å². The van der Waals surface area contributed by atoms with Gasteiger partial charge in [0, 0.05) is 0 Å². The van der Waals surface area contributed by atoms with Crippen molar-refractivity contribution in [3.63, 3.8) is 0 Å². The van der Waals surface area contributed by atoms with Crippen LogP contribution in [0.15, 0.2) is 0 Å². The van der Waals surface area contributed by atoms with Gasteiger partial charge in [0.05, 0.1) is 0 Å². The van der Waals surface area contributed by atoms with Crippen LogP contribution in [0.2, 0.25) is 0 Å². The molecule has 3 nitrogen and oxygen atoms in total. The molecule has 0 heterocycles. The molecule has 0 spiro atoms. The van der Waals surface area contributed by atoms with Gasteiger partial charge in [-0.3, -0.25) is 0 Å². The normalized spacial score (nSPS) is 11.5. The van der Waals surface area contributed by atoms with Crippen LogP contribution in [0.25, 0.3) is 0 Å². The van der Waals surface area contributed by atoms with E-state index in [0.717, 1.165) is 0 Å². The van der Waals surface area contributed by atoms with E-state index in [1.165, 1.54) is 0 Å². The predicted molar refractivity (Wildman–Crippen MR) is 25.0 cm³/mol. The molecule has 1 N–H and O–H groups in total. The van der Waals surface area contributed by atoms with Gasteiger partial charge in [0.15, 0.2) is 0 Å². The van der Waals surface area contributed by atoms with Gasteiger partial charge in [-0.25, -0.2) is 0 Å². The van der Waals surface area contributed by atoms with Crippen molar-refractivity contribution >= 4 is 34.5 Å². The molecule has 0 unspecified atom stereocenters. The molecule has 0 saturated heterocycles. The molecule has 0 bridgehead atoms. The minimum atomic E-state index is -3.57. The molecule has 0 saturated carbocycles. The second-order valence-corrected chi connectivity index (χ2v) is 7.56. The van der Waals surface area contributed by atoms with Crippen LogP contribution in [0, 0.1) is 0 Å². The fraction of sp³-hybridized carbons (Fsp3) is 1.00. The summed E-state index contributed by atoms with van der Waals surface area (Å²) in [5.41, 5.74) is 0. The van der Waals surface area contributed by atoms with Crippen LogP contribution in [0.5, 0.6) is 0 Å². The Morgan fingerprint density at radius 1 is 1.67 bits per heavy atom. The summed E-state index contributed by atoms with van der Waals surface area (Å²) in [5.74, 6) is 0. The Bertz CT molecular complexity index is 113.